The quantitative estimate of drug-likeness (QED) is 0.921. The van der Waals surface area contributed by atoms with E-state index in [4.69, 9.17) is 11.6 Å². The second kappa shape index (κ2) is 7.62. The second-order valence-corrected chi connectivity index (χ2v) is 6.76. The highest BCUT2D eigenvalue weighted by atomic mass is 35.5. The number of aromatic nitrogens is 2. The topological polar surface area (TPSA) is 58.1 Å². The molecule has 1 saturated heterocycles. The molecule has 0 saturated carbocycles. The first-order valence-electron chi connectivity index (χ1n) is 8.23. The van der Waals surface area contributed by atoms with E-state index in [9.17, 15) is 4.79 Å². The number of nitrogens with one attached hydrogen (secondary N) is 1. The molecule has 6 heteroatoms. The Bertz CT molecular complexity index is 687. The van der Waals surface area contributed by atoms with Crippen molar-refractivity contribution in [1.29, 1.82) is 0 Å². The number of anilines is 2. The van der Waals surface area contributed by atoms with Gasteiger partial charge >= 0.3 is 0 Å². The number of halogens is 1. The van der Waals surface area contributed by atoms with Gasteiger partial charge in [0, 0.05) is 18.1 Å². The number of benzene rings is 1. The van der Waals surface area contributed by atoms with Gasteiger partial charge in [-0.05, 0) is 48.6 Å². The molecule has 1 aliphatic heterocycles. The van der Waals surface area contributed by atoms with Crippen molar-refractivity contribution in [2.24, 2.45) is 5.92 Å². The lowest BCUT2D eigenvalue weighted by atomic mass is 10.0. The number of rotatable bonds is 4. The van der Waals surface area contributed by atoms with Gasteiger partial charge in [-0.25, -0.2) is 0 Å². The van der Waals surface area contributed by atoms with Gasteiger partial charge in [0.2, 0.25) is 5.91 Å². The minimum atomic E-state index is -0.119. The van der Waals surface area contributed by atoms with E-state index < -0.39 is 0 Å². The molecule has 1 fully saturated rings. The molecule has 1 unspecified atom stereocenters. The molecular weight excluding hydrogens is 324 g/mol. The summed E-state index contributed by atoms with van der Waals surface area (Å²) in [4.78, 5) is 14.3. The van der Waals surface area contributed by atoms with E-state index in [1.165, 1.54) is 12.8 Å². The first-order chi connectivity index (χ1) is 11.6. The molecular formula is C18H21ClN4O. The Morgan fingerprint density at radius 1 is 1.25 bits per heavy atom. The number of hydrogen-bond acceptors (Lipinski definition) is 4. The summed E-state index contributed by atoms with van der Waals surface area (Å²) in [7, 11) is 0. The third kappa shape index (κ3) is 4.45. The third-order valence-electron chi connectivity index (χ3n) is 4.18. The molecule has 2 aromatic rings. The predicted octanol–water partition coefficient (Wildman–Crippen LogP) is 3.55. The van der Waals surface area contributed by atoms with Crippen LogP contribution in [-0.2, 0) is 11.2 Å². The van der Waals surface area contributed by atoms with Crippen LogP contribution >= 0.6 is 11.6 Å². The Hall–Kier alpha value is -2.14. The molecule has 0 radical (unpaired) electrons. The summed E-state index contributed by atoms with van der Waals surface area (Å²) in [5, 5.41) is 11.8. The molecule has 5 nitrogen and oxygen atoms in total. The highest BCUT2D eigenvalue weighted by Crippen LogP contribution is 2.21. The molecule has 1 amide bonds. The van der Waals surface area contributed by atoms with Crippen molar-refractivity contribution in [3.8, 4) is 0 Å². The second-order valence-electron chi connectivity index (χ2n) is 6.32. The largest absolute Gasteiger partial charge is 0.355 e. The van der Waals surface area contributed by atoms with Gasteiger partial charge in [-0.2, -0.15) is 0 Å². The zero-order valence-electron chi connectivity index (χ0n) is 13.7. The van der Waals surface area contributed by atoms with Gasteiger partial charge in [-0.15, -0.1) is 10.2 Å². The number of piperidine rings is 1. The maximum absolute atomic E-state index is 12.1. The van der Waals surface area contributed by atoms with Crippen molar-refractivity contribution in [1.82, 2.24) is 10.2 Å². The van der Waals surface area contributed by atoms with E-state index in [1.54, 1.807) is 18.2 Å². The maximum atomic E-state index is 12.1. The molecule has 2 heterocycles. The molecule has 1 aliphatic rings. The van der Waals surface area contributed by atoms with Gasteiger partial charge in [0.15, 0.2) is 11.6 Å². The van der Waals surface area contributed by atoms with Crippen LogP contribution in [0.4, 0.5) is 11.6 Å². The molecule has 0 aliphatic carbocycles. The van der Waals surface area contributed by atoms with Crippen LogP contribution in [-0.4, -0.2) is 29.2 Å². The zero-order valence-corrected chi connectivity index (χ0v) is 14.5. The monoisotopic (exact) mass is 344 g/mol. The van der Waals surface area contributed by atoms with Crippen molar-refractivity contribution in [3.05, 3.63) is 47.0 Å². The van der Waals surface area contributed by atoms with Crippen molar-refractivity contribution in [2.45, 2.75) is 26.2 Å². The van der Waals surface area contributed by atoms with Crippen molar-refractivity contribution in [3.63, 3.8) is 0 Å². The van der Waals surface area contributed by atoms with Gasteiger partial charge in [-0.3, -0.25) is 4.79 Å². The Morgan fingerprint density at radius 3 is 2.71 bits per heavy atom. The highest BCUT2D eigenvalue weighted by Gasteiger charge is 2.17. The number of carbonyl (C=O) groups excluding carboxylic acids is 1. The smallest absolute Gasteiger partial charge is 0.229 e. The number of amides is 1. The molecule has 3 rings (SSSR count). The Kier molecular flexibility index (Phi) is 5.30. The lowest BCUT2D eigenvalue weighted by Gasteiger charge is -2.31. The summed E-state index contributed by atoms with van der Waals surface area (Å²) in [5.74, 6) is 1.91. The van der Waals surface area contributed by atoms with E-state index in [2.05, 4.69) is 27.3 Å². The number of hydrogen-bond donors (Lipinski definition) is 1. The standard InChI is InChI=1S/C18H21ClN4O/c1-13-3-2-10-23(12-13)17-9-8-16(21-22-17)20-18(24)11-14-4-6-15(19)7-5-14/h4-9,13H,2-3,10-12H2,1H3,(H,20,21,24). The van der Waals surface area contributed by atoms with Gasteiger partial charge in [0.05, 0.1) is 6.42 Å². The van der Waals surface area contributed by atoms with Crippen LogP contribution in [0.2, 0.25) is 5.02 Å². The van der Waals surface area contributed by atoms with Crippen LogP contribution in [0.25, 0.3) is 0 Å². The SMILES string of the molecule is CC1CCCN(c2ccc(NC(=O)Cc3ccc(Cl)cc3)nn2)C1. The van der Waals surface area contributed by atoms with Crippen LogP contribution in [0.5, 0.6) is 0 Å². The Labute approximate surface area is 147 Å². The van der Waals surface area contributed by atoms with Gasteiger partial charge < -0.3 is 10.2 Å². The van der Waals surface area contributed by atoms with E-state index in [0.717, 1.165) is 24.5 Å². The summed E-state index contributed by atoms with van der Waals surface area (Å²) in [6, 6.07) is 11.0. The molecule has 1 atom stereocenters. The van der Waals surface area contributed by atoms with E-state index in [-0.39, 0.29) is 12.3 Å². The average Bonchev–Trinajstić information content (AvgIpc) is 2.58. The van der Waals surface area contributed by atoms with E-state index in [0.29, 0.717) is 16.8 Å². The maximum Gasteiger partial charge on any atom is 0.229 e. The zero-order chi connectivity index (χ0) is 16.9. The highest BCUT2D eigenvalue weighted by molar-refractivity contribution is 6.30. The average molecular weight is 345 g/mol. The van der Waals surface area contributed by atoms with Gasteiger partial charge in [0.25, 0.3) is 0 Å². The van der Waals surface area contributed by atoms with Gasteiger partial charge in [0.1, 0.15) is 0 Å². The van der Waals surface area contributed by atoms with E-state index >= 15 is 0 Å². The minimum Gasteiger partial charge on any atom is -0.355 e. The van der Waals surface area contributed by atoms with Crippen molar-refractivity contribution >= 4 is 29.1 Å². The summed E-state index contributed by atoms with van der Waals surface area (Å²) in [5.41, 5.74) is 0.906. The Morgan fingerprint density at radius 2 is 2.04 bits per heavy atom. The summed E-state index contributed by atoms with van der Waals surface area (Å²) < 4.78 is 0. The van der Waals surface area contributed by atoms with E-state index in [1.807, 2.05) is 18.2 Å². The first-order valence-corrected chi connectivity index (χ1v) is 8.61. The predicted molar refractivity (Wildman–Crippen MR) is 96.4 cm³/mol. The minimum absolute atomic E-state index is 0.119. The molecule has 1 aromatic carbocycles. The molecule has 1 aromatic heterocycles. The van der Waals surface area contributed by atoms with Crippen LogP contribution in [0.15, 0.2) is 36.4 Å². The summed E-state index contributed by atoms with van der Waals surface area (Å²) in [6.07, 6.45) is 2.73. The van der Waals surface area contributed by atoms with Gasteiger partial charge in [-0.1, -0.05) is 30.7 Å². The van der Waals surface area contributed by atoms with Crippen molar-refractivity contribution in [2.75, 3.05) is 23.3 Å². The fourth-order valence-electron chi connectivity index (χ4n) is 2.93. The van der Waals surface area contributed by atoms with Crippen LogP contribution in [0.1, 0.15) is 25.3 Å². The third-order valence-corrected chi connectivity index (χ3v) is 4.43. The first kappa shape index (κ1) is 16.7. The fraction of sp³-hybridized carbons (Fsp3) is 0.389. The molecule has 0 spiro atoms. The fourth-order valence-corrected chi connectivity index (χ4v) is 3.06. The molecule has 0 bridgehead atoms. The summed E-state index contributed by atoms with van der Waals surface area (Å²) >= 11 is 5.84. The molecule has 1 N–H and O–H groups in total. The lowest BCUT2D eigenvalue weighted by molar-refractivity contribution is -0.115. The number of nitrogens with zero attached hydrogens (tertiary/aromatic N) is 3. The molecule has 24 heavy (non-hydrogen) atoms. The lowest BCUT2D eigenvalue weighted by Crippen LogP contribution is -2.34. The normalized spacial score (nSPS) is 17.6. The number of carbonyl (C=O) groups is 1. The van der Waals surface area contributed by atoms with Crippen molar-refractivity contribution < 1.29 is 4.79 Å². The molecule has 126 valence electrons. The van der Waals surface area contributed by atoms with Crippen LogP contribution in [0, 0.1) is 5.92 Å². The van der Waals surface area contributed by atoms with Crippen LogP contribution in [0.3, 0.4) is 0 Å². The summed E-state index contributed by atoms with van der Waals surface area (Å²) in [6.45, 7) is 4.28. The Balaban J connectivity index is 1.57. The van der Waals surface area contributed by atoms with Crippen LogP contribution < -0.4 is 10.2 Å².